The summed E-state index contributed by atoms with van der Waals surface area (Å²) in [6.07, 6.45) is 0.411. The number of benzene rings is 1. The van der Waals surface area contributed by atoms with Crippen LogP contribution in [0.3, 0.4) is 0 Å². The van der Waals surface area contributed by atoms with E-state index in [1.165, 1.54) is 0 Å². The van der Waals surface area contributed by atoms with Crippen LogP contribution in [-0.2, 0) is 6.54 Å². The van der Waals surface area contributed by atoms with Gasteiger partial charge in [-0.1, -0.05) is 18.2 Å². The molecule has 0 aliphatic heterocycles. The molecule has 1 aromatic heterocycles. The van der Waals surface area contributed by atoms with E-state index in [4.69, 9.17) is 9.68 Å². The Bertz CT molecular complexity index is 640. The van der Waals surface area contributed by atoms with Gasteiger partial charge in [-0.15, -0.1) is 0 Å². The van der Waals surface area contributed by atoms with Crippen molar-refractivity contribution in [2.45, 2.75) is 13.0 Å². The average molecular weight is 258 g/mol. The summed E-state index contributed by atoms with van der Waals surface area (Å²) in [7, 11) is 1.85. The number of nitriles is 1. The van der Waals surface area contributed by atoms with Gasteiger partial charge in [0, 0.05) is 30.5 Å². The minimum absolute atomic E-state index is 0.0231. The highest BCUT2D eigenvalue weighted by atomic mass is 16.4. The van der Waals surface area contributed by atoms with E-state index in [1.807, 2.05) is 24.1 Å². The summed E-state index contributed by atoms with van der Waals surface area (Å²) >= 11 is 0. The predicted octanol–water partition coefficient (Wildman–Crippen LogP) is 2.48. The Balaban J connectivity index is 2.37. The molecule has 0 saturated carbocycles. The van der Waals surface area contributed by atoms with Gasteiger partial charge in [0.15, 0.2) is 0 Å². The fourth-order valence-electron chi connectivity index (χ4n) is 2.02. The van der Waals surface area contributed by atoms with Gasteiger partial charge in [-0.3, -0.25) is 0 Å². The van der Waals surface area contributed by atoms with E-state index in [-0.39, 0.29) is 5.76 Å². The monoisotopic (exact) mass is 258 g/mol. The average Bonchev–Trinajstić information content (AvgIpc) is 2.76. The highest BCUT2D eigenvalue weighted by Gasteiger charge is 2.20. The Morgan fingerprint density at radius 2 is 2.21 bits per heavy atom. The van der Waals surface area contributed by atoms with Crippen molar-refractivity contribution in [3.8, 4) is 6.07 Å². The Morgan fingerprint density at radius 1 is 1.47 bits per heavy atom. The molecule has 1 aromatic carbocycles. The van der Waals surface area contributed by atoms with Crippen molar-refractivity contribution in [2.24, 2.45) is 0 Å². The summed E-state index contributed by atoms with van der Waals surface area (Å²) < 4.78 is 5.37. The minimum atomic E-state index is -1.07. The molecule has 0 radical (unpaired) electrons. The first-order chi connectivity index (χ1) is 9.13. The Labute approximate surface area is 110 Å². The predicted molar refractivity (Wildman–Crippen MR) is 69.7 cm³/mol. The number of carboxylic acid groups (broad SMARTS) is 1. The minimum Gasteiger partial charge on any atom is -0.475 e. The third kappa shape index (κ3) is 2.75. The maximum absolute atomic E-state index is 11.2. The second-order valence-corrected chi connectivity index (χ2v) is 4.36. The first kappa shape index (κ1) is 13.1. The molecule has 0 atom stereocenters. The van der Waals surface area contributed by atoms with E-state index in [9.17, 15) is 9.90 Å². The van der Waals surface area contributed by atoms with Gasteiger partial charge in [0.2, 0.25) is 5.76 Å². The Hall–Kier alpha value is -2.32. The molecule has 5 nitrogen and oxygen atoms in total. The van der Waals surface area contributed by atoms with E-state index in [1.54, 1.807) is 12.1 Å². The molecule has 5 heteroatoms. The second kappa shape index (κ2) is 5.55. The Kier molecular flexibility index (Phi) is 3.83. The Morgan fingerprint density at radius 3 is 2.89 bits per heavy atom. The number of carboxylic acids is 1. The summed E-state index contributed by atoms with van der Waals surface area (Å²) in [6.45, 7) is 1.04. The highest BCUT2D eigenvalue weighted by Crippen LogP contribution is 2.26. The number of hydrogen-bond donors (Lipinski definition) is 1. The largest absolute Gasteiger partial charge is 0.475 e. The van der Waals surface area contributed by atoms with Crippen molar-refractivity contribution in [1.82, 2.24) is 4.90 Å². The zero-order valence-electron chi connectivity index (χ0n) is 10.6. The molecule has 0 aliphatic carbocycles. The van der Waals surface area contributed by atoms with Gasteiger partial charge in [0.25, 0.3) is 0 Å². The molecular formula is C14H14N2O3. The van der Waals surface area contributed by atoms with Crippen LogP contribution in [0.1, 0.15) is 22.5 Å². The van der Waals surface area contributed by atoms with E-state index < -0.39 is 5.97 Å². The molecule has 0 spiro atoms. The van der Waals surface area contributed by atoms with Crippen LogP contribution < -0.4 is 0 Å². The van der Waals surface area contributed by atoms with Crippen LogP contribution in [0, 0.1) is 11.3 Å². The van der Waals surface area contributed by atoms with Crippen LogP contribution in [-0.4, -0.2) is 29.6 Å². The first-order valence-corrected chi connectivity index (χ1v) is 5.92. The lowest BCUT2D eigenvalue weighted by Crippen LogP contribution is -2.19. The summed E-state index contributed by atoms with van der Waals surface area (Å²) in [6, 6.07) is 9.32. The molecule has 2 aromatic rings. The summed E-state index contributed by atoms with van der Waals surface area (Å²) in [5, 5.41) is 18.6. The molecule has 0 fully saturated rings. The van der Waals surface area contributed by atoms with Crippen LogP contribution in [0.25, 0.3) is 11.0 Å². The van der Waals surface area contributed by atoms with Gasteiger partial charge in [0.05, 0.1) is 6.07 Å². The standard InChI is InChI=1S/C14H14N2O3/c1-16(8-4-7-15)9-11-10-5-2-3-6-12(10)19-13(11)14(17)18/h2-3,5-6H,4,8-9H2,1H3,(H,17,18). The molecule has 0 amide bonds. The van der Waals surface area contributed by atoms with Crippen molar-refractivity contribution in [2.75, 3.05) is 13.6 Å². The molecule has 1 N–H and O–H groups in total. The van der Waals surface area contributed by atoms with Crippen LogP contribution >= 0.6 is 0 Å². The van der Waals surface area contributed by atoms with Crippen molar-refractivity contribution in [1.29, 1.82) is 5.26 Å². The number of hydrogen-bond acceptors (Lipinski definition) is 4. The maximum Gasteiger partial charge on any atom is 0.372 e. The van der Waals surface area contributed by atoms with Crippen LogP contribution in [0.2, 0.25) is 0 Å². The molecule has 0 saturated heterocycles. The zero-order valence-corrected chi connectivity index (χ0v) is 10.6. The van der Waals surface area contributed by atoms with Crippen molar-refractivity contribution in [3.63, 3.8) is 0 Å². The first-order valence-electron chi connectivity index (χ1n) is 5.92. The van der Waals surface area contributed by atoms with Crippen LogP contribution in [0.5, 0.6) is 0 Å². The van der Waals surface area contributed by atoms with E-state index in [2.05, 4.69) is 6.07 Å². The molecule has 98 valence electrons. The molecule has 0 bridgehead atoms. The van der Waals surface area contributed by atoms with Crippen molar-refractivity contribution < 1.29 is 14.3 Å². The number of nitrogens with zero attached hydrogens (tertiary/aromatic N) is 2. The number of aromatic carboxylic acids is 1. The summed E-state index contributed by atoms with van der Waals surface area (Å²) in [5.41, 5.74) is 1.23. The quantitative estimate of drug-likeness (QED) is 0.891. The molecule has 0 aliphatic rings. The second-order valence-electron chi connectivity index (χ2n) is 4.36. The summed E-state index contributed by atoms with van der Waals surface area (Å²) in [5.74, 6) is -1.09. The lowest BCUT2D eigenvalue weighted by atomic mass is 10.1. The van der Waals surface area contributed by atoms with Crippen LogP contribution in [0.15, 0.2) is 28.7 Å². The third-order valence-corrected chi connectivity index (χ3v) is 2.93. The lowest BCUT2D eigenvalue weighted by molar-refractivity contribution is 0.0662. The van der Waals surface area contributed by atoms with Crippen LogP contribution in [0.4, 0.5) is 0 Å². The molecule has 0 unspecified atom stereocenters. The topological polar surface area (TPSA) is 77.5 Å². The molecular weight excluding hydrogens is 244 g/mol. The zero-order chi connectivity index (χ0) is 13.8. The smallest absolute Gasteiger partial charge is 0.372 e. The van der Waals surface area contributed by atoms with E-state index >= 15 is 0 Å². The normalized spacial score (nSPS) is 10.8. The lowest BCUT2D eigenvalue weighted by Gasteiger charge is -2.14. The van der Waals surface area contributed by atoms with E-state index in [0.717, 1.165) is 5.39 Å². The fourth-order valence-corrected chi connectivity index (χ4v) is 2.02. The fraction of sp³-hybridized carbons (Fsp3) is 0.286. The number of rotatable bonds is 5. The maximum atomic E-state index is 11.2. The SMILES string of the molecule is CN(CCC#N)Cc1c(C(=O)O)oc2ccccc12. The molecule has 19 heavy (non-hydrogen) atoms. The summed E-state index contributed by atoms with van der Waals surface area (Å²) in [4.78, 5) is 13.1. The number of para-hydroxylation sites is 1. The van der Waals surface area contributed by atoms with Gasteiger partial charge in [-0.25, -0.2) is 4.79 Å². The number of furan rings is 1. The van der Waals surface area contributed by atoms with Gasteiger partial charge < -0.3 is 14.4 Å². The van der Waals surface area contributed by atoms with Crippen molar-refractivity contribution >= 4 is 16.9 Å². The van der Waals surface area contributed by atoms with Gasteiger partial charge in [-0.2, -0.15) is 5.26 Å². The van der Waals surface area contributed by atoms with Gasteiger partial charge in [0.1, 0.15) is 5.58 Å². The highest BCUT2D eigenvalue weighted by molar-refractivity contribution is 5.95. The van der Waals surface area contributed by atoms with E-state index in [0.29, 0.717) is 30.7 Å². The number of fused-ring (bicyclic) bond motifs is 1. The van der Waals surface area contributed by atoms with Gasteiger partial charge >= 0.3 is 5.97 Å². The molecule has 2 rings (SSSR count). The number of carbonyl (C=O) groups is 1. The van der Waals surface area contributed by atoms with Crippen molar-refractivity contribution in [3.05, 3.63) is 35.6 Å². The third-order valence-electron chi connectivity index (χ3n) is 2.93. The molecule has 1 heterocycles. The van der Waals surface area contributed by atoms with Gasteiger partial charge in [-0.05, 0) is 13.1 Å².